The van der Waals surface area contributed by atoms with Gasteiger partial charge >= 0.3 is 12.1 Å². The zero-order valence-electron chi connectivity index (χ0n) is 44.9. The van der Waals surface area contributed by atoms with E-state index in [1.807, 2.05) is 43.2 Å². The zero-order chi connectivity index (χ0) is 54.9. The van der Waals surface area contributed by atoms with Gasteiger partial charge < -0.3 is 45.9 Å². The van der Waals surface area contributed by atoms with Crippen LogP contribution >= 0.6 is 11.6 Å². The van der Waals surface area contributed by atoms with Crippen molar-refractivity contribution in [1.82, 2.24) is 75.7 Å². The van der Waals surface area contributed by atoms with Crippen LogP contribution in [0.1, 0.15) is 56.9 Å². The van der Waals surface area contributed by atoms with Gasteiger partial charge in [0.2, 0.25) is 0 Å². The molecule has 2 fully saturated rings. The molecule has 364 valence electrons. The third-order valence-corrected chi connectivity index (χ3v) is 10.5. The summed E-state index contributed by atoms with van der Waals surface area (Å²) in [5.41, 5.74) is 1.87. The third kappa shape index (κ3) is 11.7. The summed E-state index contributed by atoms with van der Waals surface area (Å²) in [5, 5.41) is 36.6. The first-order chi connectivity index (χ1) is 35.4. The molecule has 0 spiro atoms. The second kappa shape index (κ2) is 22.6. The van der Waals surface area contributed by atoms with Gasteiger partial charge in [-0.3, -0.25) is 23.9 Å². The molecule has 0 atom stereocenters. The van der Waals surface area contributed by atoms with Crippen LogP contribution in [0.25, 0.3) is 22.8 Å². The van der Waals surface area contributed by atoms with Gasteiger partial charge in [0, 0.05) is 86.7 Å². The van der Waals surface area contributed by atoms with E-state index in [2.05, 4.69) is 56.5 Å². The summed E-state index contributed by atoms with van der Waals surface area (Å²) in [5.74, 6) is -0.0145. The summed E-state index contributed by atoms with van der Waals surface area (Å²) in [6, 6.07) is 13.5. The molecule has 69 heavy (non-hydrogen) atoms. The van der Waals surface area contributed by atoms with Crippen molar-refractivity contribution in [2.75, 3.05) is 69.9 Å². The fourth-order valence-corrected chi connectivity index (χ4v) is 7.18. The van der Waals surface area contributed by atoms with Crippen LogP contribution in [-0.2, 0) is 14.1 Å². The number of anilines is 5. The van der Waals surface area contributed by atoms with Crippen molar-refractivity contribution in [3.63, 3.8) is 0 Å². The lowest BCUT2D eigenvalue weighted by atomic mass is 10.1. The first-order valence-electron chi connectivity index (χ1n) is 24.2. The number of benzene rings is 2. The molecule has 2 saturated heterocycles. The lowest BCUT2D eigenvalue weighted by molar-refractivity contribution is 0.0950. The van der Waals surface area contributed by atoms with Gasteiger partial charge in [0.25, 0.3) is 11.8 Å². The first-order valence-corrected chi connectivity index (χ1v) is 21.5. The Morgan fingerprint density at radius 1 is 0.710 bits per heavy atom. The van der Waals surface area contributed by atoms with Crippen LogP contribution in [-0.4, -0.2) is 150 Å². The van der Waals surface area contributed by atoms with Gasteiger partial charge in [-0.15, -0.1) is 20.4 Å². The number of nitrogens with one attached hydrogen (secondary N) is 5. The third-order valence-electron chi connectivity index (χ3n) is 10.3. The smallest absolute Gasteiger partial charge is 0.326 e. The number of ether oxygens (including phenoxy) is 2. The van der Waals surface area contributed by atoms with Gasteiger partial charge in [0.1, 0.15) is 12.7 Å². The highest BCUT2D eigenvalue weighted by Crippen LogP contribution is 2.39. The van der Waals surface area contributed by atoms with Crippen molar-refractivity contribution in [3.8, 4) is 34.3 Å². The molecule has 0 aliphatic carbocycles. The zero-order valence-corrected chi connectivity index (χ0v) is 39.7. The van der Waals surface area contributed by atoms with Gasteiger partial charge in [-0.25, -0.2) is 19.6 Å². The van der Waals surface area contributed by atoms with Crippen LogP contribution in [0, 0.1) is 0 Å². The van der Waals surface area contributed by atoms with Crippen LogP contribution in [0.2, 0.25) is 5.15 Å². The van der Waals surface area contributed by atoms with Gasteiger partial charge in [0.05, 0.1) is 48.1 Å². The number of amides is 6. The van der Waals surface area contributed by atoms with E-state index in [1.54, 1.807) is 77.4 Å². The maximum absolute atomic E-state index is 12.9. The van der Waals surface area contributed by atoms with Crippen molar-refractivity contribution in [3.05, 3.63) is 77.7 Å². The van der Waals surface area contributed by atoms with E-state index in [1.165, 1.54) is 31.3 Å². The normalized spacial score (nSPS) is 14.7. The molecule has 0 bridgehead atoms. The summed E-state index contributed by atoms with van der Waals surface area (Å²) < 4.78 is 58.1. The number of aryl methyl sites for hydroxylation is 2. The van der Waals surface area contributed by atoms with Gasteiger partial charge in [-0.1, -0.05) is 23.7 Å². The fraction of sp³-hybridized carbons (Fsp3) is 0.364. The molecule has 8 rings (SSSR count). The minimum absolute atomic E-state index is 0.000373. The number of carbonyl (C=O) groups is 4. The number of aromatic nitrogens is 10. The van der Waals surface area contributed by atoms with E-state index in [0.717, 1.165) is 13.1 Å². The number of para-hydroxylation sites is 2. The van der Waals surface area contributed by atoms with E-state index in [-0.39, 0.29) is 51.8 Å². The molecule has 2 aromatic carbocycles. The Bertz CT molecular complexity index is 3030. The highest BCUT2D eigenvalue weighted by atomic mass is 35.5. The number of nitrogens with zero attached hydrogens (tertiary/aromatic N) is 13. The van der Waals surface area contributed by atoms with Crippen molar-refractivity contribution >= 4 is 64.0 Å². The second-order valence-corrected chi connectivity index (χ2v) is 15.9. The summed E-state index contributed by atoms with van der Waals surface area (Å²) >= 11 is 5.91. The molecule has 5 N–H and O–H groups in total. The molecule has 0 unspecified atom stereocenters. The van der Waals surface area contributed by atoms with E-state index in [0.29, 0.717) is 64.8 Å². The summed E-state index contributed by atoms with van der Waals surface area (Å²) in [4.78, 5) is 62.3. The topological polar surface area (TPSA) is 270 Å². The maximum Gasteiger partial charge on any atom is 0.326 e. The predicted molar refractivity (Wildman–Crippen MR) is 258 cm³/mol. The van der Waals surface area contributed by atoms with Gasteiger partial charge in [-0.2, -0.15) is 10.2 Å². The molecule has 2 aliphatic heterocycles. The Labute approximate surface area is 411 Å². The molecular formula is C44H55ClN18O6. The average Bonchev–Trinajstić information content (AvgIpc) is 4.16. The number of halogens is 1. The number of methoxy groups -OCH3 is 2. The van der Waals surface area contributed by atoms with Gasteiger partial charge in [-0.05, 0) is 52.0 Å². The van der Waals surface area contributed by atoms with E-state index in [4.69, 9.17) is 29.3 Å². The lowest BCUT2D eigenvalue weighted by Crippen LogP contribution is -2.36. The second-order valence-electron chi connectivity index (χ2n) is 15.5. The Morgan fingerprint density at radius 3 is 1.65 bits per heavy atom. The summed E-state index contributed by atoms with van der Waals surface area (Å²) in [6.07, 6.45) is 3.11. The monoisotopic (exact) mass is 972 g/mol. The van der Waals surface area contributed by atoms with Crippen LogP contribution in [0.4, 0.5) is 38.2 Å². The SMILES string of the molecule is CC(C)N1CCNC1=O.[2H]C([2H])([2H])NC(=O)c1nnc(Cl)cc1Nc1cccc(-c2ncn(C)n2)c1OC.[2H]C([2H])([2H])NC(=O)c1nnc(N2CCN(C(C)C)C2=O)cc1Nc1cccc(-c2ncn(C)n2)c1OC. The highest BCUT2D eigenvalue weighted by Gasteiger charge is 2.33. The Balaban J connectivity index is 0.000000213. The van der Waals surface area contributed by atoms with Crippen LogP contribution in [0.15, 0.2) is 61.2 Å². The standard InChI is InChI=1S/C22H27N9O3.C16H16ClN7O2.C6H12N2O/c1-13(2)30-9-10-31(22(30)33)17-11-16(18(27-26-17)21(32)23-3)25-15-8-6-7-14(19(15)34-5)20-24-12-29(4)28-20;1-18-16(25)13-11(7-12(17)21-22-13)20-10-6-4-5-9(14(10)26-3)15-19-8-24(2)23-15;1-5(2)8-4-3-7-6(8)9/h6-8,11-13H,9-10H2,1-5H3,(H,23,32)(H,25,26);4-8H,1-3H3,(H,18,25)(H,20,21);5H,3-4H2,1-2H3,(H,7,9)/i3D3;1D3;. The van der Waals surface area contributed by atoms with E-state index >= 15 is 0 Å². The van der Waals surface area contributed by atoms with Crippen molar-refractivity contribution in [2.24, 2.45) is 14.1 Å². The minimum Gasteiger partial charge on any atom is -0.494 e. The molecular weight excluding hydrogens is 912 g/mol. The first kappa shape index (κ1) is 42.2. The number of hydrogen-bond acceptors (Lipinski definition) is 16. The maximum atomic E-state index is 12.9. The molecule has 6 aromatic rings. The Hall–Kier alpha value is -8.15. The number of carbonyl (C=O) groups excluding carboxylic acids is 4. The number of urea groups is 2. The van der Waals surface area contributed by atoms with Crippen LogP contribution in [0.5, 0.6) is 11.5 Å². The molecule has 0 saturated carbocycles. The molecule has 25 heteroatoms. The highest BCUT2D eigenvalue weighted by molar-refractivity contribution is 6.29. The van der Waals surface area contributed by atoms with Crippen molar-refractivity contribution in [1.29, 1.82) is 0 Å². The largest absolute Gasteiger partial charge is 0.494 e. The van der Waals surface area contributed by atoms with Crippen LogP contribution < -0.4 is 41.0 Å². The molecule has 4 aromatic heterocycles. The molecule has 6 amide bonds. The lowest BCUT2D eigenvalue weighted by Gasteiger charge is -2.21. The molecule has 2 aliphatic rings. The number of rotatable bonds is 13. The minimum atomic E-state index is -2.74. The molecule has 6 heterocycles. The van der Waals surface area contributed by atoms with Crippen molar-refractivity contribution in [2.45, 2.75) is 39.8 Å². The Morgan fingerprint density at radius 2 is 1.23 bits per heavy atom. The van der Waals surface area contributed by atoms with E-state index < -0.39 is 25.8 Å². The van der Waals surface area contributed by atoms with E-state index in [9.17, 15) is 19.2 Å². The fourth-order valence-electron chi connectivity index (χ4n) is 7.03. The van der Waals surface area contributed by atoms with Gasteiger partial charge in [0.15, 0.2) is 45.5 Å². The number of hydrogen-bond donors (Lipinski definition) is 5. The predicted octanol–water partition coefficient (Wildman–Crippen LogP) is 4.49. The Kier molecular flexibility index (Phi) is 13.8. The summed E-state index contributed by atoms with van der Waals surface area (Å²) in [7, 11) is 6.44. The molecule has 0 radical (unpaired) electrons. The molecule has 24 nitrogen and oxygen atoms in total. The quantitative estimate of drug-likeness (QED) is 0.107. The van der Waals surface area contributed by atoms with Crippen molar-refractivity contribution < 1.29 is 36.9 Å². The summed E-state index contributed by atoms with van der Waals surface area (Å²) in [6.45, 7) is 5.00. The van der Waals surface area contributed by atoms with Crippen LogP contribution in [0.3, 0.4) is 0 Å². The average molecular weight is 974 g/mol.